The maximum Gasteiger partial charge on any atom is 0.363 e. The second kappa shape index (κ2) is 6.21. The van der Waals surface area contributed by atoms with E-state index in [4.69, 9.17) is 14.2 Å². The highest BCUT2D eigenvalue weighted by Crippen LogP contribution is 2.29. The van der Waals surface area contributed by atoms with Crippen LogP contribution in [0, 0.1) is 6.92 Å². The first-order valence-electron chi connectivity index (χ1n) is 6.78. The van der Waals surface area contributed by atoms with Gasteiger partial charge < -0.3 is 14.2 Å². The Hall–Kier alpha value is -2.67. The van der Waals surface area contributed by atoms with Gasteiger partial charge >= 0.3 is 5.97 Å². The number of carbonyl (C=O) groups is 1. The lowest BCUT2D eigenvalue weighted by molar-refractivity contribution is -0.129. The van der Waals surface area contributed by atoms with Crippen LogP contribution >= 0.6 is 11.3 Å². The Morgan fingerprint density at radius 3 is 2.65 bits per heavy atom. The van der Waals surface area contributed by atoms with Crippen molar-refractivity contribution < 1.29 is 19.0 Å². The van der Waals surface area contributed by atoms with Gasteiger partial charge in [0.15, 0.2) is 17.2 Å². The predicted molar refractivity (Wildman–Crippen MR) is 87.0 cm³/mol. The van der Waals surface area contributed by atoms with E-state index in [1.807, 2.05) is 12.3 Å². The number of methoxy groups -OCH3 is 2. The molecule has 0 fully saturated rings. The molecule has 1 aliphatic rings. The number of hydrogen-bond acceptors (Lipinski definition) is 7. The Morgan fingerprint density at radius 1 is 1.22 bits per heavy atom. The highest BCUT2D eigenvalue weighted by atomic mass is 32.1. The molecule has 118 valence electrons. The zero-order chi connectivity index (χ0) is 16.4. The van der Waals surface area contributed by atoms with Gasteiger partial charge in [-0.15, -0.1) is 11.3 Å². The highest BCUT2D eigenvalue weighted by Gasteiger charge is 2.25. The van der Waals surface area contributed by atoms with E-state index >= 15 is 0 Å². The van der Waals surface area contributed by atoms with Crippen molar-refractivity contribution in [3.8, 4) is 11.5 Å². The number of carbonyl (C=O) groups excluding carboxylic acids is 1. The molecule has 3 rings (SSSR count). The number of benzene rings is 1. The van der Waals surface area contributed by atoms with Gasteiger partial charge in [0.1, 0.15) is 0 Å². The Bertz CT molecular complexity index is 823. The molecule has 0 atom stereocenters. The summed E-state index contributed by atoms with van der Waals surface area (Å²) in [5, 5.41) is 2.78. The smallest absolute Gasteiger partial charge is 0.363 e. The number of cyclic esters (lactones) is 1. The summed E-state index contributed by atoms with van der Waals surface area (Å²) in [6.45, 7) is 1.90. The van der Waals surface area contributed by atoms with E-state index in [2.05, 4.69) is 9.98 Å². The van der Waals surface area contributed by atoms with Gasteiger partial charge in [-0.25, -0.2) is 14.8 Å². The van der Waals surface area contributed by atoms with Crippen LogP contribution in [0.2, 0.25) is 0 Å². The second-order valence-electron chi connectivity index (χ2n) is 4.70. The number of ether oxygens (including phenoxy) is 3. The maximum atomic E-state index is 12.0. The monoisotopic (exact) mass is 330 g/mol. The summed E-state index contributed by atoms with van der Waals surface area (Å²) >= 11 is 1.51. The van der Waals surface area contributed by atoms with Gasteiger partial charge in [0.2, 0.25) is 5.90 Å². The summed E-state index contributed by atoms with van der Waals surface area (Å²) in [5.74, 6) is 0.862. The lowest BCUT2D eigenvalue weighted by atomic mass is 10.2. The number of thiazole rings is 1. The normalized spacial score (nSPS) is 15.5. The molecule has 23 heavy (non-hydrogen) atoms. The third kappa shape index (κ3) is 3.09. The number of nitrogens with zero attached hydrogens (tertiary/aromatic N) is 2. The minimum Gasteiger partial charge on any atom is -0.493 e. The molecular weight excluding hydrogens is 316 g/mol. The molecule has 0 aliphatic carbocycles. The van der Waals surface area contributed by atoms with Crippen molar-refractivity contribution in [2.45, 2.75) is 6.92 Å². The van der Waals surface area contributed by atoms with Gasteiger partial charge in [-0.3, -0.25) is 0 Å². The average molecular weight is 330 g/mol. The minimum absolute atomic E-state index is 0.222. The summed E-state index contributed by atoms with van der Waals surface area (Å²) in [4.78, 5) is 20.5. The van der Waals surface area contributed by atoms with Crippen LogP contribution in [0.3, 0.4) is 0 Å². The van der Waals surface area contributed by atoms with Crippen molar-refractivity contribution in [3.05, 3.63) is 45.5 Å². The van der Waals surface area contributed by atoms with Crippen molar-refractivity contribution in [1.82, 2.24) is 4.98 Å². The Kier molecular flexibility index (Phi) is 4.12. The number of aliphatic imine (C=N–C) groups is 1. The van der Waals surface area contributed by atoms with E-state index in [-0.39, 0.29) is 11.6 Å². The van der Waals surface area contributed by atoms with Crippen LogP contribution in [0.5, 0.6) is 11.5 Å². The van der Waals surface area contributed by atoms with Gasteiger partial charge in [0.25, 0.3) is 0 Å². The van der Waals surface area contributed by atoms with Crippen molar-refractivity contribution in [3.63, 3.8) is 0 Å². The molecule has 0 N–H and O–H groups in total. The molecule has 0 radical (unpaired) electrons. The summed E-state index contributed by atoms with van der Waals surface area (Å²) in [6.07, 6.45) is 1.61. The molecule has 1 aromatic heterocycles. The Labute approximate surface area is 137 Å². The zero-order valence-electron chi connectivity index (χ0n) is 12.8. The van der Waals surface area contributed by atoms with Crippen LogP contribution in [-0.4, -0.2) is 31.1 Å². The van der Waals surface area contributed by atoms with Crippen LogP contribution in [-0.2, 0) is 9.53 Å². The number of rotatable bonds is 4. The molecule has 6 nitrogen and oxygen atoms in total. The topological polar surface area (TPSA) is 70.0 Å². The first kappa shape index (κ1) is 15.2. The summed E-state index contributed by atoms with van der Waals surface area (Å²) in [6, 6.07) is 5.19. The molecule has 1 aliphatic heterocycles. The van der Waals surface area contributed by atoms with E-state index < -0.39 is 5.97 Å². The molecule has 0 spiro atoms. The SMILES string of the molecule is COc1ccc(C2=N/C(=C\c3csc(C)n3)C(=O)O2)cc1OC. The van der Waals surface area contributed by atoms with Crippen LogP contribution in [0.15, 0.2) is 34.3 Å². The summed E-state index contributed by atoms with van der Waals surface area (Å²) < 4.78 is 15.7. The average Bonchev–Trinajstić information content (AvgIpc) is 3.13. The van der Waals surface area contributed by atoms with Crippen LogP contribution in [0.4, 0.5) is 0 Å². The molecule has 0 saturated heterocycles. The molecule has 0 amide bonds. The molecule has 0 saturated carbocycles. The molecule has 1 aromatic carbocycles. The first-order valence-corrected chi connectivity index (χ1v) is 7.66. The van der Waals surface area contributed by atoms with E-state index in [9.17, 15) is 4.79 Å². The van der Waals surface area contributed by atoms with Crippen molar-refractivity contribution in [2.24, 2.45) is 4.99 Å². The van der Waals surface area contributed by atoms with Gasteiger partial charge in [0.05, 0.1) is 24.9 Å². The molecule has 7 heteroatoms. The first-order chi connectivity index (χ1) is 11.1. The standard InChI is InChI=1S/C16H14N2O4S/c1-9-17-11(8-23-9)7-12-16(19)22-15(18-12)10-4-5-13(20-2)14(6-10)21-3/h4-8H,1-3H3/b12-7-. The number of aromatic nitrogens is 1. The number of esters is 1. The lowest BCUT2D eigenvalue weighted by Crippen LogP contribution is -2.06. The van der Waals surface area contributed by atoms with E-state index in [0.717, 1.165) is 5.01 Å². The minimum atomic E-state index is -0.500. The zero-order valence-corrected chi connectivity index (χ0v) is 13.6. The predicted octanol–water partition coefficient (Wildman–Crippen LogP) is 2.81. The third-order valence-electron chi connectivity index (χ3n) is 3.17. The fraction of sp³-hybridized carbons (Fsp3) is 0.188. The Balaban J connectivity index is 1.93. The number of aryl methyl sites for hydroxylation is 1. The molecular formula is C16H14N2O4S. The maximum absolute atomic E-state index is 12.0. The van der Waals surface area contributed by atoms with Crippen LogP contribution < -0.4 is 9.47 Å². The fourth-order valence-electron chi connectivity index (χ4n) is 2.09. The van der Waals surface area contributed by atoms with Gasteiger partial charge in [0, 0.05) is 10.9 Å². The van der Waals surface area contributed by atoms with Crippen molar-refractivity contribution in [1.29, 1.82) is 0 Å². The van der Waals surface area contributed by atoms with Crippen molar-refractivity contribution >= 4 is 29.3 Å². The fourth-order valence-corrected chi connectivity index (χ4v) is 2.66. The van der Waals surface area contributed by atoms with Gasteiger partial charge in [-0.1, -0.05) is 0 Å². The van der Waals surface area contributed by atoms with Gasteiger partial charge in [-0.2, -0.15) is 0 Å². The van der Waals surface area contributed by atoms with E-state index in [1.165, 1.54) is 11.3 Å². The highest BCUT2D eigenvalue weighted by molar-refractivity contribution is 7.09. The largest absolute Gasteiger partial charge is 0.493 e. The number of hydrogen-bond donors (Lipinski definition) is 0. The third-order valence-corrected chi connectivity index (χ3v) is 3.96. The second-order valence-corrected chi connectivity index (χ2v) is 5.76. The summed E-state index contributed by atoms with van der Waals surface area (Å²) in [5.41, 5.74) is 1.55. The molecule has 0 bridgehead atoms. The Morgan fingerprint density at radius 2 is 2.00 bits per heavy atom. The lowest BCUT2D eigenvalue weighted by Gasteiger charge is -2.08. The van der Waals surface area contributed by atoms with E-state index in [0.29, 0.717) is 22.8 Å². The summed E-state index contributed by atoms with van der Waals surface area (Å²) in [7, 11) is 3.10. The molecule has 2 heterocycles. The van der Waals surface area contributed by atoms with Crippen LogP contribution in [0.25, 0.3) is 6.08 Å². The van der Waals surface area contributed by atoms with Crippen molar-refractivity contribution in [2.75, 3.05) is 14.2 Å². The molecule has 2 aromatic rings. The molecule has 0 unspecified atom stereocenters. The van der Waals surface area contributed by atoms with Crippen LogP contribution in [0.1, 0.15) is 16.3 Å². The quantitative estimate of drug-likeness (QED) is 0.637. The van der Waals surface area contributed by atoms with E-state index in [1.54, 1.807) is 38.5 Å². The van der Waals surface area contributed by atoms with Gasteiger partial charge in [-0.05, 0) is 31.2 Å².